The van der Waals surface area contributed by atoms with Crippen molar-refractivity contribution in [1.82, 2.24) is 24.8 Å². The highest BCUT2D eigenvalue weighted by Gasteiger charge is 2.51. The SMILES string of the molecule is COC1OC1N1CCC(C)(N2CCc3c(-c4cnc(N)nc4)nc(N4CCOCC4)nc32)C1. The highest BCUT2D eigenvalue weighted by molar-refractivity contribution is 5.73. The number of nitrogen functional groups attached to an aromatic ring is 1. The number of ether oxygens (including phenoxy) is 3. The molecular weight excluding hydrogens is 424 g/mol. The normalized spacial score (nSPS) is 29.5. The van der Waals surface area contributed by atoms with Gasteiger partial charge in [-0.1, -0.05) is 0 Å². The highest BCUT2D eigenvalue weighted by Crippen LogP contribution is 2.43. The lowest BCUT2D eigenvalue weighted by Gasteiger charge is -2.37. The summed E-state index contributed by atoms with van der Waals surface area (Å²) >= 11 is 0. The standard InChI is InChI=1S/C22H30N8O3/c1-22(4-6-29(13-22)18-19(31-2)33-18)30-5-3-15-16(14-11-24-20(23)25-12-14)26-21(27-17(15)30)28-7-9-32-10-8-28/h11-12,18-19H,3-10,13H2,1-2H3,(H2,23,24,25). The van der Waals surface area contributed by atoms with E-state index in [1.165, 1.54) is 0 Å². The highest BCUT2D eigenvalue weighted by atomic mass is 16.8. The van der Waals surface area contributed by atoms with Crippen molar-refractivity contribution in [3.8, 4) is 11.3 Å². The number of likely N-dealkylation sites (tertiary alicyclic amines) is 1. The van der Waals surface area contributed by atoms with Crippen LogP contribution in [0.15, 0.2) is 12.4 Å². The fraction of sp³-hybridized carbons (Fsp3) is 0.636. The van der Waals surface area contributed by atoms with Crippen LogP contribution in [-0.2, 0) is 20.6 Å². The Morgan fingerprint density at radius 2 is 1.91 bits per heavy atom. The summed E-state index contributed by atoms with van der Waals surface area (Å²) in [5.41, 5.74) is 8.61. The molecule has 11 nitrogen and oxygen atoms in total. The molecular formula is C22H30N8O3. The van der Waals surface area contributed by atoms with Crippen molar-refractivity contribution >= 4 is 17.7 Å². The van der Waals surface area contributed by atoms with Gasteiger partial charge in [0, 0.05) is 63.4 Å². The lowest BCUT2D eigenvalue weighted by atomic mass is 9.99. The van der Waals surface area contributed by atoms with Gasteiger partial charge in [0.15, 0.2) is 12.5 Å². The molecule has 3 fully saturated rings. The Kier molecular flexibility index (Phi) is 5.09. The number of anilines is 3. The van der Waals surface area contributed by atoms with Crippen LogP contribution >= 0.6 is 0 Å². The molecule has 0 radical (unpaired) electrons. The second-order valence-corrected chi connectivity index (χ2v) is 9.35. The molecule has 3 unspecified atom stereocenters. The molecule has 11 heteroatoms. The number of hydrogen-bond acceptors (Lipinski definition) is 11. The number of rotatable bonds is 5. The van der Waals surface area contributed by atoms with Crippen LogP contribution in [0.4, 0.5) is 17.7 Å². The van der Waals surface area contributed by atoms with Crippen LogP contribution in [0, 0.1) is 0 Å². The summed E-state index contributed by atoms with van der Waals surface area (Å²) in [6, 6.07) is 0. The maximum Gasteiger partial charge on any atom is 0.228 e. The lowest BCUT2D eigenvalue weighted by molar-refractivity contribution is 0.0949. The zero-order valence-corrected chi connectivity index (χ0v) is 19.1. The van der Waals surface area contributed by atoms with Crippen LogP contribution in [0.2, 0.25) is 0 Å². The smallest absolute Gasteiger partial charge is 0.228 e. The first kappa shape index (κ1) is 21.0. The van der Waals surface area contributed by atoms with E-state index < -0.39 is 0 Å². The molecule has 2 aromatic heterocycles. The van der Waals surface area contributed by atoms with Gasteiger partial charge in [-0.25, -0.2) is 15.0 Å². The minimum Gasteiger partial charge on any atom is -0.378 e. The Morgan fingerprint density at radius 3 is 2.64 bits per heavy atom. The van der Waals surface area contributed by atoms with Crippen molar-refractivity contribution in [2.45, 2.75) is 37.8 Å². The third kappa shape index (κ3) is 3.68. The molecule has 0 amide bonds. The number of nitrogens with two attached hydrogens (primary N) is 1. The summed E-state index contributed by atoms with van der Waals surface area (Å²) in [5, 5.41) is 0. The van der Waals surface area contributed by atoms with E-state index >= 15 is 0 Å². The molecule has 2 N–H and O–H groups in total. The second kappa shape index (κ2) is 8.01. The minimum atomic E-state index is -0.106. The number of fused-ring (bicyclic) bond motifs is 1. The largest absolute Gasteiger partial charge is 0.378 e. The Labute approximate surface area is 192 Å². The third-order valence-electron chi connectivity index (χ3n) is 7.21. The molecule has 6 rings (SSSR count). The Bertz CT molecular complexity index is 1030. The zero-order chi connectivity index (χ0) is 22.6. The summed E-state index contributed by atoms with van der Waals surface area (Å²) in [6.07, 6.45) is 5.39. The van der Waals surface area contributed by atoms with E-state index in [-0.39, 0.29) is 24.0 Å². The monoisotopic (exact) mass is 454 g/mol. The number of aromatic nitrogens is 4. The van der Waals surface area contributed by atoms with E-state index in [0.717, 1.165) is 74.2 Å². The van der Waals surface area contributed by atoms with Crippen LogP contribution in [0.25, 0.3) is 11.3 Å². The van der Waals surface area contributed by atoms with Crippen LogP contribution in [-0.4, -0.2) is 95.9 Å². The number of nitrogens with zero attached hydrogens (tertiary/aromatic N) is 7. The van der Waals surface area contributed by atoms with Gasteiger partial charge >= 0.3 is 0 Å². The molecule has 3 saturated heterocycles. The summed E-state index contributed by atoms with van der Waals surface area (Å²) in [4.78, 5) is 25.6. The van der Waals surface area contributed by atoms with E-state index in [0.29, 0.717) is 13.2 Å². The fourth-order valence-corrected chi connectivity index (χ4v) is 5.31. The second-order valence-electron chi connectivity index (χ2n) is 9.35. The molecule has 0 saturated carbocycles. The van der Waals surface area contributed by atoms with Gasteiger partial charge in [-0.2, -0.15) is 4.98 Å². The van der Waals surface area contributed by atoms with Crippen LogP contribution in [0.3, 0.4) is 0 Å². The van der Waals surface area contributed by atoms with Gasteiger partial charge in [-0.3, -0.25) is 4.90 Å². The van der Waals surface area contributed by atoms with Crippen molar-refractivity contribution < 1.29 is 14.2 Å². The minimum absolute atomic E-state index is 0.0407. The lowest BCUT2D eigenvalue weighted by Crippen LogP contribution is -2.48. The molecule has 2 aromatic rings. The van der Waals surface area contributed by atoms with E-state index in [4.69, 9.17) is 29.9 Å². The molecule has 4 aliphatic heterocycles. The summed E-state index contributed by atoms with van der Waals surface area (Å²) < 4.78 is 16.6. The van der Waals surface area contributed by atoms with Crippen LogP contribution in [0.5, 0.6) is 0 Å². The van der Waals surface area contributed by atoms with Gasteiger partial charge in [0.05, 0.1) is 24.4 Å². The number of methoxy groups -OCH3 is 1. The molecule has 6 heterocycles. The Morgan fingerprint density at radius 1 is 1.12 bits per heavy atom. The van der Waals surface area contributed by atoms with Crippen molar-refractivity contribution in [2.24, 2.45) is 0 Å². The number of hydrogen-bond donors (Lipinski definition) is 1. The van der Waals surface area contributed by atoms with Crippen LogP contribution < -0.4 is 15.5 Å². The predicted octanol–water partition coefficient (Wildman–Crippen LogP) is 0.508. The van der Waals surface area contributed by atoms with Gasteiger partial charge in [0.2, 0.25) is 11.9 Å². The Hall–Kier alpha value is -2.60. The van der Waals surface area contributed by atoms with E-state index in [9.17, 15) is 0 Å². The van der Waals surface area contributed by atoms with Gasteiger partial charge in [-0.05, 0) is 19.8 Å². The summed E-state index contributed by atoms with van der Waals surface area (Å²) in [6.45, 7) is 8.04. The molecule has 0 aromatic carbocycles. The molecule has 4 aliphatic rings. The van der Waals surface area contributed by atoms with Crippen molar-refractivity contribution in [3.63, 3.8) is 0 Å². The third-order valence-corrected chi connectivity index (χ3v) is 7.21. The average Bonchev–Trinajstić information content (AvgIpc) is 3.33. The molecule has 0 aliphatic carbocycles. The maximum absolute atomic E-state index is 5.74. The zero-order valence-electron chi connectivity index (χ0n) is 19.1. The van der Waals surface area contributed by atoms with Crippen molar-refractivity contribution in [2.75, 3.05) is 68.6 Å². The van der Waals surface area contributed by atoms with Crippen LogP contribution in [0.1, 0.15) is 18.9 Å². The van der Waals surface area contributed by atoms with Gasteiger partial charge < -0.3 is 29.7 Å². The fourth-order valence-electron chi connectivity index (χ4n) is 5.31. The first-order chi connectivity index (χ1) is 16.1. The molecule has 0 spiro atoms. The van der Waals surface area contributed by atoms with Crippen molar-refractivity contribution in [3.05, 3.63) is 18.0 Å². The van der Waals surface area contributed by atoms with E-state index in [2.05, 4.69) is 31.6 Å². The Balaban J connectivity index is 1.37. The van der Waals surface area contributed by atoms with Gasteiger partial charge in [0.1, 0.15) is 5.82 Å². The summed E-state index contributed by atoms with van der Waals surface area (Å²) in [7, 11) is 1.70. The predicted molar refractivity (Wildman–Crippen MR) is 122 cm³/mol. The molecule has 176 valence electrons. The number of morpholine rings is 1. The van der Waals surface area contributed by atoms with Crippen molar-refractivity contribution in [1.29, 1.82) is 0 Å². The average molecular weight is 455 g/mol. The van der Waals surface area contributed by atoms with Gasteiger partial charge in [-0.15, -0.1) is 0 Å². The molecule has 3 atom stereocenters. The molecule has 0 bridgehead atoms. The topological polar surface area (TPSA) is 118 Å². The number of epoxide rings is 1. The van der Waals surface area contributed by atoms with E-state index in [1.807, 2.05) is 0 Å². The van der Waals surface area contributed by atoms with E-state index in [1.54, 1.807) is 19.5 Å². The maximum atomic E-state index is 5.74. The molecule has 33 heavy (non-hydrogen) atoms. The summed E-state index contributed by atoms with van der Waals surface area (Å²) in [5.74, 6) is 2.01. The first-order valence-corrected chi connectivity index (χ1v) is 11.6. The van der Waals surface area contributed by atoms with Gasteiger partial charge in [0.25, 0.3) is 0 Å². The first-order valence-electron chi connectivity index (χ1n) is 11.6. The quantitative estimate of drug-likeness (QED) is 0.637.